The molecule has 1 aromatic rings. The maximum Gasteiger partial charge on any atom is 0.309 e. The quantitative estimate of drug-likeness (QED) is 0.0988. The van der Waals surface area contributed by atoms with E-state index in [1.165, 1.54) is 39.0 Å². The predicted octanol–water partition coefficient (Wildman–Crippen LogP) is 4.03. The number of cyclic esters (lactones) is 1. The fourth-order valence-electron chi connectivity index (χ4n) is 6.41. The number of sulfonamides is 1. The number of methoxy groups -OCH3 is 1. The number of halogens is 2. The van der Waals surface area contributed by atoms with Gasteiger partial charge < -0.3 is 34.3 Å². The van der Waals surface area contributed by atoms with Crippen LogP contribution in [0.2, 0.25) is 0 Å². The van der Waals surface area contributed by atoms with Crippen LogP contribution in [-0.4, -0.2) is 96.7 Å². The van der Waals surface area contributed by atoms with E-state index in [4.69, 9.17) is 18.9 Å². The monoisotopic (exact) mass is 757 g/mol. The first-order valence-corrected chi connectivity index (χ1v) is 18.8. The molecule has 0 aliphatic carbocycles. The van der Waals surface area contributed by atoms with E-state index in [1.54, 1.807) is 33.1 Å². The van der Waals surface area contributed by atoms with E-state index in [0.29, 0.717) is 24.1 Å². The smallest absolute Gasteiger partial charge is 0.309 e. The van der Waals surface area contributed by atoms with Crippen LogP contribution >= 0.6 is 0 Å². The molecule has 2 aliphatic rings. The molecule has 2 heterocycles. The fraction of sp³-hybridized carbons (Fsp3) is 0.622. The molecule has 4 N–H and O–H groups in total. The Balaban J connectivity index is 1.96. The van der Waals surface area contributed by atoms with Crippen LogP contribution in [0.25, 0.3) is 0 Å². The van der Waals surface area contributed by atoms with Crippen molar-refractivity contribution in [3.05, 3.63) is 65.8 Å². The highest BCUT2D eigenvalue weighted by Crippen LogP contribution is 2.39. The zero-order valence-electron chi connectivity index (χ0n) is 30.9. The van der Waals surface area contributed by atoms with Crippen molar-refractivity contribution < 1.29 is 61.1 Å². The molecular formula is C37H53F2NO11S. The minimum atomic E-state index is -4.50. The second-order valence-electron chi connectivity index (χ2n) is 14.2. The first-order chi connectivity index (χ1) is 24.1. The van der Waals surface area contributed by atoms with Crippen LogP contribution in [0.15, 0.2) is 59.0 Å². The minimum absolute atomic E-state index is 0.0382. The van der Waals surface area contributed by atoms with Gasteiger partial charge in [-0.15, -0.1) is 0 Å². The molecule has 3 rings (SSSR count). The predicted molar refractivity (Wildman–Crippen MR) is 187 cm³/mol. The number of aliphatic hydroxyl groups excluding tert-OH is 1. The standard InChI is InChI=1S/C37H53F2NO11S/c1-9-29(48-8)23(4)33-34(51-33)35(40-52(46,47)26-13-14-27(38)28(39)20-26)37(7,45)17-10-11-21(2)32-22(3)12-15-30(49-24(5)41)36(6,44)18-16-25(42)19-31(43)50-32/h10-15,17,20,22-23,25,29-30,32-35,40,42,44-45H,9,16,18-19H2,1-8H3/t22-,23+,25+,29-,30-,32?,33+,34-,35?,36?,37?/m0/s1. The zero-order valence-corrected chi connectivity index (χ0v) is 31.7. The van der Waals surface area contributed by atoms with Gasteiger partial charge in [0.05, 0.1) is 41.3 Å². The molecular weight excluding hydrogens is 704 g/mol. The first kappa shape index (κ1) is 43.4. The molecule has 0 radical (unpaired) electrons. The van der Waals surface area contributed by atoms with Gasteiger partial charge in [-0.2, -0.15) is 0 Å². The van der Waals surface area contributed by atoms with Gasteiger partial charge in [-0.25, -0.2) is 21.9 Å². The lowest BCUT2D eigenvalue weighted by atomic mass is 9.87. The number of hydrogen-bond acceptors (Lipinski definition) is 11. The number of nitrogens with one attached hydrogen (secondary N) is 1. The van der Waals surface area contributed by atoms with Gasteiger partial charge in [0.15, 0.2) is 11.6 Å². The third kappa shape index (κ3) is 11.5. The van der Waals surface area contributed by atoms with Crippen molar-refractivity contribution in [3.63, 3.8) is 0 Å². The van der Waals surface area contributed by atoms with Gasteiger partial charge in [0.1, 0.15) is 23.9 Å². The highest BCUT2D eigenvalue weighted by molar-refractivity contribution is 7.89. The highest BCUT2D eigenvalue weighted by atomic mass is 32.2. The van der Waals surface area contributed by atoms with Crippen molar-refractivity contribution >= 4 is 22.0 Å². The summed E-state index contributed by atoms with van der Waals surface area (Å²) in [5.41, 5.74) is -2.95. The maximum atomic E-state index is 14.0. The summed E-state index contributed by atoms with van der Waals surface area (Å²) in [6.45, 7) is 11.3. The second-order valence-corrected chi connectivity index (χ2v) is 15.9. The number of epoxide rings is 1. The summed E-state index contributed by atoms with van der Waals surface area (Å²) in [5.74, 6) is -4.59. The summed E-state index contributed by atoms with van der Waals surface area (Å²) in [6, 6.07) is 0.851. The van der Waals surface area contributed by atoms with E-state index in [9.17, 15) is 42.1 Å². The van der Waals surface area contributed by atoms with Gasteiger partial charge in [0, 0.05) is 25.9 Å². The molecule has 1 fully saturated rings. The molecule has 0 spiro atoms. The summed E-state index contributed by atoms with van der Waals surface area (Å²) < 4.78 is 79.5. The number of rotatable bonds is 13. The Labute approximate surface area is 304 Å². The number of aliphatic hydroxyl groups is 3. The molecule has 1 saturated heterocycles. The minimum Gasteiger partial charge on any atom is -0.457 e. The molecule has 15 heteroatoms. The molecule has 2 aliphatic heterocycles. The summed E-state index contributed by atoms with van der Waals surface area (Å²) >= 11 is 0. The van der Waals surface area contributed by atoms with Crippen molar-refractivity contribution in [1.82, 2.24) is 4.72 Å². The van der Waals surface area contributed by atoms with Crippen LogP contribution in [0.3, 0.4) is 0 Å². The molecule has 0 amide bonds. The zero-order chi connectivity index (χ0) is 39.2. The Bertz CT molecular complexity index is 1610. The summed E-state index contributed by atoms with van der Waals surface area (Å²) in [5, 5.41) is 33.3. The number of hydrogen-bond donors (Lipinski definition) is 4. The number of carbonyl (C=O) groups is 2. The van der Waals surface area contributed by atoms with E-state index in [2.05, 4.69) is 4.72 Å². The lowest BCUT2D eigenvalue weighted by molar-refractivity contribution is -0.157. The second kappa shape index (κ2) is 17.9. The van der Waals surface area contributed by atoms with Crippen LogP contribution in [0, 0.1) is 23.5 Å². The van der Waals surface area contributed by atoms with Crippen LogP contribution in [0.5, 0.6) is 0 Å². The lowest BCUT2D eigenvalue weighted by Crippen LogP contribution is -2.54. The third-order valence-corrected chi connectivity index (χ3v) is 11.1. The van der Waals surface area contributed by atoms with E-state index in [-0.39, 0.29) is 31.3 Å². The molecule has 0 bridgehead atoms. The third-order valence-electron chi connectivity index (χ3n) is 9.67. The van der Waals surface area contributed by atoms with Gasteiger partial charge >= 0.3 is 11.9 Å². The summed E-state index contributed by atoms with van der Waals surface area (Å²) in [4.78, 5) is 24.1. The van der Waals surface area contributed by atoms with Gasteiger partial charge in [-0.1, -0.05) is 45.1 Å². The number of allylic oxidation sites excluding steroid dienone is 2. The Hall–Kier alpha value is -3.05. The van der Waals surface area contributed by atoms with Crippen LogP contribution in [0.1, 0.15) is 74.1 Å². The molecule has 0 aromatic heterocycles. The number of ether oxygens (including phenoxy) is 4. The Morgan fingerprint density at radius 2 is 1.88 bits per heavy atom. The van der Waals surface area contributed by atoms with Crippen molar-refractivity contribution in [1.29, 1.82) is 0 Å². The largest absolute Gasteiger partial charge is 0.457 e. The van der Waals surface area contributed by atoms with Crippen molar-refractivity contribution in [2.45, 2.75) is 133 Å². The topological polar surface area (TPSA) is 181 Å². The van der Waals surface area contributed by atoms with E-state index in [1.807, 2.05) is 13.8 Å². The molecule has 4 unspecified atom stereocenters. The normalized spacial score (nSPS) is 30.7. The number of benzene rings is 1. The molecule has 292 valence electrons. The first-order valence-electron chi connectivity index (χ1n) is 17.3. The van der Waals surface area contributed by atoms with Crippen LogP contribution in [-0.2, 0) is 38.6 Å². The molecule has 52 heavy (non-hydrogen) atoms. The van der Waals surface area contributed by atoms with Crippen LogP contribution in [0.4, 0.5) is 8.78 Å². The Morgan fingerprint density at radius 1 is 1.21 bits per heavy atom. The lowest BCUT2D eigenvalue weighted by Gasteiger charge is -2.32. The number of esters is 2. The van der Waals surface area contributed by atoms with Gasteiger partial charge in [-0.05, 0) is 69.9 Å². The SMILES string of the molecule is CC[C@H](OC)[C@@H](C)[C@H]1O[C@@H]1C(NS(=O)(=O)c1ccc(F)c(F)c1)C(C)(O)C=CC=C(C)C1OC(=O)C[C@H](O)CCC(C)(O)[C@@H](OC(C)=O)C=C[C@@H]1C. The average molecular weight is 758 g/mol. The maximum absolute atomic E-state index is 14.0. The van der Waals surface area contributed by atoms with Crippen molar-refractivity contribution in [2.24, 2.45) is 11.8 Å². The van der Waals surface area contributed by atoms with E-state index in [0.717, 1.165) is 6.07 Å². The number of carbonyl (C=O) groups excluding carboxylic acids is 2. The Morgan fingerprint density at radius 3 is 2.48 bits per heavy atom. The summed E-state index contributed by atoms with van der Waals surface area (Å²) in [6.07, 6.45) is 3.28. The van der Waals surface area contributed by atoms with Crippen LogP contribution < -0.4 is 4.72 Å². The molecule has 11 atom stereocenters. The van der Waals surface area contributed by atoms with E-state index < -0.39 is 92.2 Å². The average Bonchev–Trinajstić information content (AvgIpc) is 3.85. The molecule has 12 nitrogen and oxygen atoms in total. The van der Waals surface area contributed by atoms with Gasteiger partial charge in [0.2, 0.25) is 10.0 Å². The van der Waals surface area contributed by atoms with Crippen molar-refractivity contribution in [3.8, 4) is 0 Å². The highest BCUT2D eigenvalue weighted by Gasteiger charge is 2.55. The summed E-state index contributed by atoms with van der Waals surface area (Å²) in [7, 11) is -2.94. The van der Waals surface area contributed by atoms with Gasteiger partial charge in [-0.3, -0.25) is 9.59 Å². The van der Waals surface area contributed by atoms with Gasteiger partial charge in [0.25, 0.3) is 0 Å². The Kier molecular flexibility index (Phi) is 14.9. The molecule has 1 aromatic carbocycles. The fourth-order valence-corrected chi connectivity index (χ4v) is 7.76. The van der Waals surface area contributed by atoms with Crippen molar-refractivity contribution in [2.75, 3.05) is 7.11 Å². The van der Waals surface area contributed by atoms with E-state index >= 15 is 0 Å². The molecule has 0 saturated carbocycles.